The molecule has 1 N–H and O–H groups in total. The van der Waals surface area contributed by atoms with E-state index in [-0.39, 0.29) is 5.41 Å². The molecule has 0 aromatic rings. The Morgan fingerprint density at radius 1 is 1.17 bits per heavy atom. The lowest BCUT2D eigenvalue weighted by Gasteiger charge is -2.50. The topological polar surface area (TPSA) is 37.3 Å². The van der Waals surface area contributed by atoms with Gasteiger partial charge in [-0.05, 0) is 79.6 Å². The fourth-order valence-corrected chi connectivity index (χ4v) is 6.17. The molecule has 0 unspecified atom stereocenters. The molecule has 0 aliphatic heterocycles. The van der Waals surface area contributed by atoms with Crippen LogP contribution in [0.15, 0.2) is 34.9 Å². The lowest BCUT2D eigenvalue weighted by molar-refractivity contribution is -0.114. The van der Waals surface area contributed by atoms with E-state index in [0.717, 1.165) is 44.9 Å². The van der Waals surface area contributed by atoms with Crippen LogP contribution in [0, 0.1) is 17.3 Å². The molecule has 0 spiro atoms. The molecule has 124 valence electrons. The van der Waals surface area contributed by atoms with Crippen molar-refractivity contribution in [1.82, 2.24) is 0 Å². The van der Waals surface area contributed by atoms with Crippen molar-refractivity contribution in [2.24, 2.45) is 17.3 Å². The van der Waals surface area contributed by atoms with Crippen LogP contribution in [0.4, 0.5) is 0 Å². The van der Waals surface area contributed by atoms with Crippen LogP contribution >= 0.6 is 0 Å². The van der Waals surface area contributed by atoms with Crippen molar-refractivity contribution in [2.45, 2.75) is 70.8 Å². The summed E-state index contributed by atoms with van der Waals surface area (Å²) in [4.78, 5) is 11.7. The molecule has 1 saturated carbocycles. The number of allylic oxidation sites excluding steroid dienone is 5. The Morgan fingerprint density at radius 3 is 2.74 bits per heavy atom. The Balaban J connectivity index is 1.83. The first-order valence-corrected chi connectivity index (χ1v) is 9.43. The van der Waals surface area contributed by atoms with Gasteiger partial charge in [0.15, 0.2) is 5.78 Å². The van der Waals surface area contributed by atoms with E-state index in [1.165, 1.54) is 16.7 Å². The van der Waals surface area contributed by atoms with Gasteiger partial charge in [0.05, 0.1) is 5.60 Å². The Morgan fingerprint density at radius 2 is 2.00 bits per heavy atom. The molecule has 2 heteroatoms. The van der Waals surface area contributed by atoms with Gasteiger partial charge in [-0.3, -0.25) is 4.79 Å². The van der Waals surface area contributed by atoms with Gasteiger partial charge in [0, 0.05) is 11.8 Å². The number of fused-ring (bicyclic) bond motifs is 4. The molecule has 2 nitrogen and oxygen atoms in total. The second-order valence-corrected chi connectivity index (χ2v) is 7.97. The maximum Gasteiger partial charge on any atom is 0.156 e. The predicted octanol–water partition coefficient (Wildman–Crippen LogP) is 4.50. The zero-order valence-corrected chi connectivity index (χ0v) is 14.4. The van der Waals surface area contributed by atoms with Crippen LogP contribution in [0.2, 0.25) is 0 Å². The van der Waals surface area contributed by atoms with Gasteiger partial charge >= 0.3 is 0 Å². The fraction of sp³-hybridized carbons (Fsp3) is 0.667. The molecule has 0 bridgehead atoms. The summed E-state index contributed by atoms with van der Waals surface area (Å²) >= 11 is 0. The number of hydrogen-bond donors (Lipinski definition) is 1. The number of rotatable bonds is 2. The third-order valence-electron chi connectivity index (χ3n) is 7.43. The zero-order chi connectivity index (χ0) is 16.2. The van der Waals surface area contributed by atoms with Crippen LogP contribution in [0.1, 0.15) is 65.2 Å². The summed E-state index contributed by atoms with van der Waals surface area (Å²) in [5.41, 5.74) is 3.67. The molecule has 0 aromatic heterocycles. The number of hydrogen-bond acceptors (Lipinski definition) is 2. The van der Waals surface area contributed by atoms with Crippen molar-refractivity contribution >= 4 is 5.78 Å². The highest BCUT2D eigenvalue weighted by molar-refractivity contribution is 5.93. The van der Waals surface area contributed by atoms with Crippen molar-refractivity contribution in [1.29, 1.82) is 0 Å². The van der Waals surface area contributed by atoms with Gasteiger partial charge < -0.3 is 5.11 Å². The van der Waals surface area contributed by atoms with Gasteiger partial charge in [0.25, 0.3) is 0 Å². The summed E-state index contributed by atoms with van der Waals surface area (Å²) in [6.45, 7) is 4.38. The molecular weight excluding hydrogens is 284 g/mol. The van der Waals surface area contributed by atoms with Crippen LogP contribution in [0.25, 0.3) is 0 Å². The second kappa shape index (κ2) is 5.17. The van der Waals surface area contributed by atoms with E-state index in [4.69, 9.17) is 0 Å². The van der Waals surface area contributed by atoms with E-state index in [1.54, 1.807) is 0 Å². The lowest BCUT2D eigenvalue weighted by Crippen LogP contribution is -2.48. The third kappa shape index (κ3) is 1.94. The molecule has 23 heavy (non-hydrogen) atoms. The van der Waals surface area contributed by atoms with Gasteiger partial charge in [0.2, 0.25) is 0 Å². The first-order valence-electron chi connectivity index (χ1n) is 9.43. The summed E-state index contributed by atoms with van der Waals surface area (Å²) in [6, 6.07) is 0. The minimum Gasteiger partial charge on any atom is -0.389 e. The predicted molar refractivity (Wildman–Crippen MR) is 91.9 cm³/mol. The summed E-state index contributed by atoms with van der Waals surface area (Å²) in [5, 5.41) is 11.3. The maximum atomic E-state index is 11.7. The quantitative estimate of drug-likeness (QED) is 0.815. The Labute approximate surface area is 139 Å². The molecule has 1 fully saturated rings. The Bertz CT molecular complexity index is 638. The SMILES string of the molecule is CC[C@@]1(O)CC[C@@H]2[C@H]3CCC4=CC(=O)CCC4=C3C=C[C@]21CC. The lowest BCUT2D eigenvalue weighted by atomic mass is 9.56. The van der Waals surface area contributed by atoms with Crippen molar-refractivity contribution in [3.05, 3.63) is 34.9 Å². The first kappa shape index (κ1) is 15.4. The molecule has 0 radical (unpaired) electrons. The van der Waals surface area contributed by atoms with E-state index in [1.807, 2.05) is 6.08 Å². The van der Waals surface area contributed by atoms with E-state index in [2.05, 4.69) is 26.0 Å². The normalized spacial score (nSPS) is 42.2. The van der Waals surface area contributed by atoms with Crippen LogP contribution in [0.5, 0.6) is 0 Å². The minimum atomic E-state index is -0.530. The largest absolute Gasteiger partial charge is 0.389 e. The van der Waals surface area contributed by atoms with E-state index >= 15 is 0 Å². The molecule has 4 aliphatic carbocycles. The van der Waals surface area contributed by atoms with E-state index in [0.29, 0.717) is 24.0 Å². The average Bonchev–Trinajstić information content (AvgIpc) is 2.88. The highest BCUT2D eigenvalue weighted by Gasteiger charge is 2.59. The van der Waals surface area contributed by atoms with Gasteiger partial charge in [-0.2, -0.15) is 0 Å². The van der Waals surface area contributed by atoms with E-state index in [9.17, 15) is 9.90 Å². The highest BCUT2D eigenvalue weighted by atomic mass is 16.3. The van der Waals surface area contributed by atoms with Gasteiger partial charge in [-0.1, -0.05) is 26.0 Å². The van der Waals surface area contributed by atoms with Gasteiger partial charge in [-0.25, -0.2) is 0 Å². The molecule has 0 saturated heterocycles. The van der Waals surface area contributed by atoms with Crippen LogP contribution < -0.4 is 0 Å². The van der Waals surface area contributed by atoms with Crippen LogP contribution in [-0.2, 0) is 4.79 Å². The molecular formula is C21H28O2. The van der Waals surface area contributed by atoms with Crippen molar-refractivity contribution in [3.63, 3.8) is 0 Å². The monoisotopic (exact) mass is 312 g/mol. The first-order chi connectivity index (χ1) is 11.0. The van der Waals surface area contributed by atoms with Crippen LogP contribution in [0.3, 0.4) is 0 Å². The van der Waals surface area contributed by atoms with Crippen molar-refractivity contribution < 1.29 is 9.90 Å². The summed E-state index contributed by atoms with van der Waals surface area (Å²) in [7, 11) is 0. The summed E-state index contributed by atoms with van der Waals surface area (Å²) in [5.74, 6) is 1.46. The Hall–Kier alpha value is -1.15. The molecule has 0 aromatic carbocycles. The number of carbonyl (C=O) groups excluding carboxylic acids is 1. The molecule has 0 heterocycles. The number of ketones is 1. The molecule has 4 rings (SSSR count). The minimum absolute atomic E-state index is 0.0395. The van der Waals surface area contributed by atoms with Gasteiger partial charge in [-0.15, -0.1) is 0 Å². The Kier molecular flexibility index (Phi) is 3.46. The van der Waals surface area contributed by atoms with Crippen molar-refractivity contribution in [3.8, 4) is 0 Å². The smallest absolute Gasteiger partial charge is 0.156 e. The summed E-state index contributed by atoms with van der Waals surface area (Å²) in [6.07, 6.45) is 14.3. The molecule has 4 atom stereocenters. The third-order valence-corrected chi connectivity index (χ3v) is 7.43. The average molecular weight is 312 g/mol. The number of aliphatic hydroxyl groups is 1. The second-order valence-electron chi connectivity index (χ2n) is 7.97. The summed E-state index contributed by atoms with van der Waals surface area (Å²) < 4.78 is 0. The number of carbonyl (C=O) groups is 1. The zero-order valence-electron chi connectivity index (χ0n) is 14.4. The standard InChI is InChI=1S/C21H28O2/c1-3-20-11-9-17-16-8-6-15(22)13-14(16)5-7-18(17)19(20)10-12-21(20,23)4-2/h9,11,13,18-19,23H,3-8,10,12H2,1-2H3/t18-,19+,20+,21+/m0/s1. The van der Waals surface area contributed by atoms with Gasteiger partial charge in [0.1, 0.15) is 0 Å². The van der Waals surface area contributed by atoms with E-state index < -0.39 is 5.60 Å². The highest BCUT2D eigenvalue weighted by Crippen LogP contribution is 2.63. The maximum absolute atomic E-state index is 11.7. The fourth-order valence-electron chi connectivity index (χ4n) is 6.17. The molecule has 4 aliphatic rings. The van der Waals surface area contributed by atoms with Crippen molar-refractivity contribution in [2.75, 3.05) is 0 Å². The van der Waals surface area contributed by atoms with Crippen LogP contribution in [-0.4, -0.2) is 16.5 Å². The molecule has 0 amide bonds.